The van der Waals surface area contributed by atoms with Crippen LogP contribution in [0.15, 0.2) is 24.3 Å². The number of carbonyl (C=O) groups excluding carboxylic acids is 2. The number of amides is 2. The van der Waals surface area contributed by atoms with Gasteiger partial charge in [-0.2, -0.15) is 0 Å². The molecule has 1 atom stereocenters. The number of anilines is 1. The van der Waals surface area contributed by atoms with Crippen LogP contribution >= 0.6 is 12.4 Å². The Morgan fingerprint density at radius 2 is 1.96 bits per heavy atom. The van der Waals surface area contributed by atoms with Gasteiger partial charge in [-0.25, -0.2) is 0 Å². The Balaban J connectivity index is 0.00000261. The van der Waals surface area contributed by atoms with Crippen molar-refractivity contribution in [2.24, 2.45) is 5.41 Å². The number of benzene rings is 1. The minimum Gasteiger partial charge on any atom is -0.384 e. The molecule has 2 heterocycles. The fraction of sp³-hybridized carbons (Fsp3) is 0.600. The van der Waals surface area contributed by atoms with Crippen LogP contribution in [0.25, 0.3) is 0 Å². The van der Waals surface area contributed by atoms with E-state index in [1.54, 1.807) is 7.11 Å². The number of rotatable bonds is 6. The Morgan fingerprint density at radius 3 is 2.52 bits per heavy atom. The van der Waals surface area contributed by atoms with E-state index in [4.69, 9.17) is 4.74 Å². The van der Waals surface area contributed by atoms with Crippen molar-refractivity contribution in [3.05, 3.63) is 29.8 Å². The van der Waals surface area contributed by atoms with Gasteiger partial charge in [-0.3, -0.25) is 9.59 Å². The molecule has 2 aliphatic heterocycles. The van der Waals surface area contributed by atoms with E-state index >= 15 is 0 Å². The highest BCUT2D eigenvalue weighted by Gasteiger charge is 2.40. The molecule has 0 saturated carbocycles. The molecular formula is C20H30ClN3O3. The molecule has 1 unspecified atom stereocenters. The van der Waals surface area contributed by atoms with Crippen LogP contribution in [0.3, 0.4) is 0 Å². The van der Waals surface area contributed by atoms with Crippen LogP contribution in [-0.4, -0.2) is 45.2 Å². The van der Waals surface area contributed by atoms with Crippen molar-refractivity contribution in [2.45, 2.75) is 38.6 Å². The van der Waals surface area contributed by atoms with Gasteiger partial charge in [0.25, 0.3) is 0 Å². The lowest BCUT2D eigenvalue weighted by molar-refractivity contribution is -0.136. The fourth-order valence-corrected chi connectivity index (χ4v) is 3.92. The summed E-state index contributed by atoms with van der Waals surface area (Å²) in [7, 11) is 1.65. The van der Waals surface area contributed by atoms with Crippen molar-refractivity contribution < 1.29 is 14.3 Å². The SMILES string of the molecule is COCC1(C(=O)NC(C)c2ccc(N3CCCC3=O)cc2)CCNCC1.Cl. The Morgan fingerprint density at radius 1 is 1.30 bits per heavy atom. The second-order valence-corrected chi connectivity index (χ2v) is 7.40. The predicted molar refractivity (Wildman–Crippen MR) is 108 cm³/mol. The summed E-state index contributed by atoms with van der Waals surface area (Å²) in [5.74, 6) is 0.249. The van der Waals surface area contributed by atoms with E-state index in [1.807, 2.05) is 36.1 Å². The molecule has 1 aromatic rings. The highest BCUT2D eigenvalue weighted by Crippen LogP contribution is 2.31. The molecule has 3 rings (SSSR count). The number of ether oxygens (including phenoxy) is 1. The molecule has 2 saturated heterocycles. The van der Waals surface area contributed by atoms with E-state index in [1.165, 1.54) is 0 Å². The monoisotopic (exact) mass is 395 g/mol. The first-order valence-corrected chi connectivity index (χ1v) is 9.47. The Labute approximate surface area is 167 Å². The van der Waals surface area contributed by atoms with Gasteiger partial charge in [-0.15, -0.1) is 12.4 Å². The average Bonchev–Trinajstić information content (AvgIpc) is 3.08. The molecule has 0 radical (unpaired) electrons. The maximum absolute atomic E-state index is 12.9. The molecule has 7 heteroatoms. The molecule has 2 fully saturated rings. The first kappa shape index (κ1) is 21.7. The quantitative estimate of drug-likeness (QED) is 0.776. The minimum absolute atomic E-state index is 0. The third kappa shape index (κ3) is 4.81. The summed E-state index contributed by atoms with van der Waals surface area (Å²) in [6.45, 7) is 4.91. The normalized spacial score (nSPS) is 20.1. The summed E-state index contributed by atoms with van der Waals surface area (Å²) < 4.78 is 5.35. The summed E-state index contributed by atoms with van der Waals surface area (Å²) >= 11 is 0. The number of nitrogens with zero attached hydrogens (tertiary/aromatic N) is 1. The lowest BCUT2D eigenvalue weighted by Gasteiger charge is -2.36. The van der Waals surface area contributed by atoms with Gasteiger partial charge in [0.05, 0.1) is 18.1 Å². The van der Waals surface area contributed by atoms with E-state index in [-0.39, 0.29) is 30.3 Å². The molecular weight excluding hydrogens is 366 g/mol. The lowest BCUT2D eigenvalue weighted by atomic mass is 9.78. The Bertz CT molecular complexity index is 639. The molecule has 150 valence electrons. The van der Waals surface area contributed by atoms with E-state index < -0.39 is 5.41 Å². The summed E-state index contributed by atoms with van der Waals surface area (Å²) in [5, 5.41) is 6.47. The van der Waals surface area contributed by atoms with E-state index in [0.29, 0.717) is 13.0 Å². The van der Waals surface area contributed by atoms with Crippen molar-refractivity contribution in [1.29, 1.82) is 0 Å². The van der Waals surface area contributed by atoms with E-state index in [2.05, 4.69) is 10.6 Å². The maximum atomic E-state index is 12.9. The number of methoxy groups -OCH3 is 1. The third-order valence-electron chi connectivity index (χ3n) is 5.59. The largest absolute Gasteiger partial charge is 0.384 e. The second-order valence-electron chi connectivity index (χ2n) is 7.40. The average molecular weight is 396 g/mol. The van der Waals surface area contributed by atoms with Crippen molar-refractivity contribution in [2.75, 3.05) is 38.3 Å². The summed E-state index contributed by atoms with van der Waals surface area (Å²) in [4.78, 5) is 26.6. The maximum Gasteiger partial charge on any atom is 0.229 e. The van der Waals surface area contributed by atoms with Crippen LogP contribution < -0.4 is 15.5 Å². The summed E-state index contributed by atoms with van der Waals surface area (Å²) in [5.41, 5.74) is 1.52. The van der Waals surface area contributed by atoms with Crippen LogP contribution in [0.1, 0.15) is 44.2 Å². The predicted octanol–water partition coefficient (Wildman–Crippen LogP) is 2.43. The third-order valence-corrected chi connectivity index (χ3v) is 5.59. The Kier molecular flexibility index (Phi) is 7.65. The first-order valence-electron chi connectivity index (χ1n) is 9.47. The highest BCUT2D eigenvalue weighted by molar-refractivity contribution is 5.95. The van der Waals surface area contributed by atoms with Crippen molar-refractivity contribution in [3.8, 4) is 0 Å². The molecule has 0 aromatic heterocycles. The number of hydrogen-bond acceptors (Lipinski definition) is 4. The van der Waals surface area contributed by atoms with E-state index in [0.717, 1.165) is 50.1 Å². The molecule has 0 aliphatic carbocycles. The zero-order valence-corrected chi connectivity index (χ0v) is 16.9. The van der Waals surface area contributed by atoms with Gasteiger partial charge in [0, 0.05) is 25.8 Å². The molecule has 2 N–H and O–H groups in total. The van der Waals surface area contributed by atoms with Crippen LogP contribution in [0, 0.1) is 5.41 Å². The first-order chi connectivity index (χ1) is 12.6. The molecule has 2 amide bonds. The molecule has 6 nitrogen and oxygen atoms in total. The van der Waals surface area contributed by atoms with Crippen LogP contribution in [0.2, 0.25) is 0 Å². The molecule has 0 bridgehead atoms. The van der Waals surface area contributed by atoms with Crippen molar-refractivity contribution >= 4 is 29.9 Å². The van der Waals surface area contributed by atoms with Crippen LogP contribution in [0.4, 0.5) is 5.69 Å². The van der Waals surface area contributed by atoms with Gasteiger partial charge < -0.3 is 20.3 Å². The number of halogens is 1. The van der Waals surface area contributed by atoms with Gasteiger partial charge in [0.15, 0.2) is 0 Å². The Hall–Kier alpha value is -1.63. The molecule has 1 aromatic carbocycles. The minimum atomic E-state index is -0.448. The molecule has 2 aliphatic rings. The number of carbonyl (C=O) groups is 2. The topological polar surface area (TPSA) is 70.7 Å². The summed E-state index contributed by atoms with van der Waals surface area (Å²) in [6.07, 6.45) is 3.12. The number of hydrogen-bond donors (Lipinski definition) is 2. The van der Waals surface area contributed by atoms with Gasteiger partial charge in [0.2, 0.25) is 11.8 Å². The van der Waals surface area contributed by atoms with Crippen LogP contribution in [0.5, 0.6) is 0 Å². The van der Waals surface area contributed by atoms with Crippen molar-refractivity contribution in [3.63, 3.8) is 0 Å². The van der Waals surface area contributed by atoms with Gasteiger partial charge in [-0.1, -0.05) is 12.1 Å². The summed E-state index contributed by atoms with van der Waals surface area (Å²) in [6, 6.07) is 7.84. The van der Waals surface area contributed by atoms with Gasteiger partial charge >= 0.3 is 0 Å². The second kappa shape index (κ2) is 9.53. The van der Waals surface area contributed by atoms with E-state index in [9.17, 15) is 9.59 Å². The zero-order chi connectivity index (χ0) is 18.6. The molecule has 27 heavy (non-hydrogen) atoms. The number of piperidine rings is 1. The smallest absolute Gasteiger partial charge is 0.229 e. The fourth-order valence-electron chi connectivity index (χ4n) is 3.92. The van der Waals surface area contributed by atoms with Gasteiger partial charge in [0.1, 0.15) is 0 Å². The standard InChI is InChI=1S/C20H29N3O3.ClH/c1-15(22-19(25)20(14-26-2)9-11-21-12-10-20)16-5-7-17(8-6-16)23-13-3-4-18(23)24;/h5-8,15,21H,3-4,9-14H2,1-2H3,(H,22,25);1H. The van der Waals surface area contributed by atoms with Crippen molar-refractivity contribution in [1.82, 2.24) is 10.6 Å². The molecule has 0 spiro atoms. The number of nitrogens with one attached hydrogen (secondary N) is 2. The lowest BCUT2D eigenvalue weighted by Crippen LogP contribution is -2.50. The highest BCUT2D eigenvalue weighted by atomic mass is 35.5. The van der Waals surface area contributed by atoms with Gasteiger partial charge in [-0.05, 0) is 57.0 Å². The zero-order valence-electron chi connectivity index (χ0n) is 16.1. The van der Waals surface area contributed by atoms with Crippen LogP contribution in [-0.2, 0) is 14.3 Å².